The molecule has 1 atom stereocenters. The van der Waals surface area contributed by atoms with Crippen molar-refractivity contribution < 1.29 is 4.74 Å². The van der Waals surface area contributed by atoms with Gasteiger partial charge in [-0.15, -0.1) is 0 Å². The average molecular weight is 243 g/mol. The molecule has 4 heteroatoms. The van der Waals surface area contributed by atoms with Crippen molar-refractivity contribution in [1.29, 1.82) is 0 Å². The zero-order chi connectivity index (χ0) is 12.3. The summed E-state index contributed by atoms with van der Waals surface area (Å²) < 4.78 is 5.19. The molecule has 0 aliphatic rings. The Kier molecular flexibility index (Phi) is 4.59. The Balaban J connectivity index is 3.18. The largest absolute Gasteiger partial charge is 0.495 e. The number of halogens is 1. The molecule has 0 amide bonds. The Labute approximate surface area is 102 Å². The van der Waals surface area contributed by atoms with Gasteiger partial charge in [-0.3, -0.25) is 4.90 Å². The lowest BCUT2D eigenvalue weighted by molar-refractivity contribution is 0.263. The number of ether oxygens (including phenoxy) is 1. The minimum absolute atomic E-state index is 0.156. The highest BCUT2D eigenvalue weighted by atomic mass is 35.5. The summed E-state index contributed by atoms with van der Waals surface area (Å²) in [5.74, 6) is 0.719. The van der Waals surface area contributed by atoms with Crippen LogP contribution in [0.5, 0.6) is 5.75 Å². The summed E-state index contributed by atoms with van der Waals surface area (Å²) >= 11 is 6.14. The lowest BCUT2D eigenvalue weighted by Crippen LogP contribution is -2.31. The van der Waals surface area contributed by atoms with Crippen LogP contribution in [0.2, 0.25) is 5.02 Å². The van der Waals surface area contributed by atoms with Gasteiger partial charge in [-0.25, -0.2) is 0 Å². The number of methoxy groups -OCH3 is 1. The van der Waals surface area contributed by atoms with Crippen LogP contribution in [0.15, 0.2) is 12.1 Å². The monoisotopic (exact) mass is 242 g/mol. The zero-order valence-electron chi connectivity index (χ0n) is 10.5. The Hall–Kier alpha value is -0.770. The van der Waals surface area contributed by atoms with Crippen LogP contribution >= 0.6 is 11.6 Å². The maximum Gasteiger partial charge on any atom is 0.137 e. The molecule has 90 valence electrons. The number of benzene rings is 1. The van der Waals surface area contributed by atoms with Gasteiger partial charge in [-0.05, 0) is 51.3 Å². The molecule has 0 aliphatic carbocycles. The van der Waals surface area contributed by atoms with Gasteiger partial charge in [0.1, 0.15) is 5.75 Å². The second-order valence-electron chi connectivity index (χ2n) is 4.00. The average Bonchev–Trinajstić information content (AvgIpc) is 2.23. The first-order chi connectivity index (χ1) is 7.51. The molecule has 1 aromatic rings. The van der Waals surface area contributed by atoms with Gasteiger partial charge in [0.25, 0.3) is 0 Å². The first kappa shape index (κ1) is 13.3. The molecular weight excluding hydrogens is 224 g/mol. The third kappa shape index (κ3) is 2.67. The van der Waals surface area contributed by atoms with Crippen LogP contribution in [-0.4, -0.2) is 33.2 Å². The number of aryl methyl sites for hydroxylation is 1. The van der Waals surface area contributed by atoms with Gasteiger partial charge in [0.15, 0.2) is 0 Å². The molecule has 0 bridgehead atoms. The van der Waals surface area contributed by atoms with Crippen molar-refractivity contribution in [3.05, 3.63) is 28.3 Å². The topological polar surface area (TPSA) is 24.5 Å². The number of hydrogen-bond acceptors (Lipinski definition) is 3. The van der Waals surface area contributed by atoms with Crippen molar-refractivity contribution in [3.63, 3.8) is 0 Å². The van der Waals surface area contributed by atoms with Crippen molar-refractivity contribution in [2.24, 2.45) is 0 Å². The fourth-order valence-corrected chi connectivity index (χ4v) is 2.06. The molecule has 0 saturated carbocycles. The molecule has 1 rings (SSSR count). The minimum atomic E-state index is 0.156. The molecule has 1 N–H and O–H groups in total. The molecule has 0 spiro atoms. The third-order valence-corrected chi connectivity index (χ3v) is 2.92. The van der Waals surface area contributed by atoms with E-state index in [1.54, 1.807) is 7.11 Å². The van der Waals surface area contributed by atoms with Gasteiger partial charge in [-0.2, -0.15) is 0 Å². The third-order valence-electron chi connectivity index (χ3n) is 2.62. The van der Waals surface area contributed by atoms with Crippen LogP contribution in [0.25, 0.3) is 0 Å². The summed E-state index contributed by atoms with van der Waals surface area (Å²) in [6, 6.07) is 3.92. The molecule has 16 heavy (non-hydrogen) atoms. The maximum atomic E-state index is 6.14. The first-order valence-electron chi connectivity index (χ1n) is 5.19. The summed E-state index contributed by atoms with van der Waals surface area (Å²) in [5.41, 5.74) is 2.33. The van der Waals surface area contributed by atoms with E-state index in [1.165, 1.54) is 5.56 Å². The summed E-state index contributed by atoms with van der Waals surface area (Å²) in [5, 5.41) is 3.89. The number of nitrogens with one attached hydrogen (secondary N) is 1. The van der Waals surface area contributed by atoms with E-state index in [-0.39, 0.29) is 6.17 Å². The first-order valence-corrected chi connectivity index (χ1v) is 5.56. The van der Waals surface area contributed by atoms with E-state index in [2.05, 4.69) is 17.1 Å². The van der Waals surface area contributed by atoms with E-state index in [0.29, 0.717) is 5.02 Å². The number of rotatable bonds is 4. The number of nitrogens with zero attached hydrogens (tertiary/aromatic N) is 1. The molecule has 3 nitrogen and oxygen atoms in total. The summed E-state index contributed by atoms with van der Waals surface area (Å²) in [7, 11) is 7.61. The van der Waals surface area contributed by atoms with Crippen molar-refractivity contribution in [2.45, 2.75) is 13.1 Å². The van der Waals surface area contributed by atoms with E-state index in [4.69, 9.17) is 16.3 Å². The van der Waals surface area contributed by atoms with Crippen LogP contribution < -0.4 is 10.1 Å². The van der Waals surface area contributed by atoms with E-state index < -0.39 is 0 Å². The lowest BCUT2D eigenvalue weighted by Gasteiger charge is -2.26. The predicted molar refractivity (Wildman–Crippen MR) is 68.2 cm³/mol. The molecule has 1 aromatic carbocycles. The highest BCUT2D eigenvalue weighted by Crippen LogP contribution is 2.31. The van der Waals surface area contributed by atoms with Gasteiger partial charge in [-0.1, -0.05) is 11.6 Å². The Morgan fingerprint density at radius 3 is 2.44 bits per heavy atom. The van der Waals surface area contributed by atoms with Crippen LogP contribution in [0.1, 0.15) is 17.3 Å². The van der Waals surface area contributed by atoms with Crippen molar-refractivity contribution in [2.75, 3.05) is 28.3 Å². The molecule has 0 aliphatic heterocycles. The van der Waals surface area contributed by atoms with Crippen molar-refractivity contribution in [3.8, 4) is 5.75 Å². The fourth-order valence-electron chi connectivity index (χ4n) is 1.81. The van der Waals surface area contributed by atoms with Crippen LogP contribution in [0.4, 0.5) is 0 Å². The number of hydrogen-bond donors (Lipinski definition) is 1. The van der Waals surface area contributed by atoms with Gasteiger partial charge in [0.2, 0.25) is 0 Å². The Morgan fingerprint density at radius 1 is 1.38 bits per heavy atom. The highest BCUT2D eigenvalue weighted by molar-refractivity contribution is 6.32. The Bertz CT molecular complexity index is 366. The van der Waals surface area contributed by atoms with Crippen LogP contribution in [0, 0.1) is 6.92 Å². The molecule has 0 fully saturated rings. The molecule has 1 unspecified atom stereocenters. The standard InChI is InChI=1S/C12H19ClN2O/c1-8-6-11(16-5)10(13)7-9(8)12(14-2)15(3)4/h6-7,12,14H,1-5H3. The lowest BCUT2D eigenvalue weighted by atomic mass is 10.1. The van der Waals surface area contributed by atoms with Gasteiger partial charge >= 0.3 is 0 Å². The van der Waals surface area contributed by atoms with E-state index >= 15 is 0 Å². The van der Waals surface area contributed by atoms with Crippen molar-refractivity contribution >= 4 is 11.6 Å². The fraction of sp³-hybridized carbons (Fsp3) is 0.500. The molecule has 0 saturated heterocycles. The maximum absolute atomic E-state index is 6.14. The van der Waals surface area contributed by atoms with Crippen LogP contribution in [-0.2, 0) is 0 Å². The Morgan fingerprint density at radius 2 is 2.00 bits per heavy atom. The van der Waals surface area contributed by atoms with E-state index in [0.717, 1.165) is 11.3 Å². The quantitative estimate of drug-likeness (QED) is 0.821. The zero-order valence-corrected chi connectivity index (χ0v) is 11.2. The molecule has 0 aromatic heterocycles. The second-order valence-corrected chi connectivity index (χ2v) is 4.41. The summed E-state index contributed by atoms with van der Waals surface area (Å²) in [6.45, 7) is 2.06. The smallest absolute Gasteiger partial charge is 0.137 e. The normalized spacial score (nSPS) is 12.9. The van der Waals surface area contributed by atoms with E-state index in [9.17, 15) is 0 Å². The van der Waals surface area contributed by atoms with Gasteiger partial charge < -0.3 is 10.1 Å². The summed E-state index contributed by atoms with van der Waals surface area (Å²) in [6.07, 6.45) is 0.156. The molecule has 0 heterocycles. The minimum Gasteiger partial charge on any atom is -0.495 e. The molecular formula is C12H19ClN2O. The van der Waals surface area contributed by atoms with Gasteiger partial charge in [0.05, 0.1) is 18.3 Å². The molecule has 0 radical (unpaired) electrons. The SMILES string of the molecule is CNC(c1cc(Cl)c(OC)cc1C)N(C)C. The van der Waals surface area contributed by atoms with E-state index in [1.807, 2.05) is 33.3 Å². The highest BCUT2D eigenvalue weighted by Gasteiger charge is 2.16. The summed E-state index contributed by atoms with van der Waals surface area (Å²) in [4.78, 5) is 2.10. The second kappa shape index (κ2) is 5.53. The predicted octanol–water partition coefficient (Wildman–Crippen LogP) is 2.44. The van der Waals surface area contributed by atoms with Crippen molar-refractivity contribution in [1.82, 2.24) is 10.2 Å². The van der Waals surface area contributed by atoms with Gasteiger partial charge in [0, 0.05) is 0 Å². The van der Waals surface area contributed by atoms with Crippen LogP contribution in [0.3, 0.4) is 0 Å².